The first kappa shape index (κ1) is 22.1. The number of aromatic nitrogens is 1. The summed E-state index contributed by atoms with van der Waals surface area (Å²) in [4.78, 5) is 8.63. The zero-order valence-corrected chi connectivity index (χ0v) is 18.5. The van der Waals surface area contributed by atoms with Crippen molar-refractivity contribution in [3.63, 3.8) is 0 Å². The monoisotopic (exact) mass is 498 g/mol. The summed E-state index contributed by atoms with van der Waals surface area (Å²) in [6.45, 7) is 1.01. The molecule has 1 aromatic carbocycles. The fourth-order valence-corrected chi connectivity index (χ4v) is 2.69. The van der Waals surface area contributed by atoms with E-state index in [1.165, 1.54) is 6.42 Å². The zero-order valence-electron chi connectivity index (χ0n) is 16.2. The van der Waals surface area contributed by atoms with Crippen LogP contribution in [0.3, 0.4) is 0 Å². The molecule has 8 heteroatoms. The van der Waals surface area contributed by atoms with E-state index in [2.05, 4.69) is 15.3 Å². The lowest BCUT2D eigenvalue weighted by atomic mass is 9.96. The number of pyridine rings is 1. The predicted octanol–water partition coefficient (Wildman–Crippen LogP) is 3.25. The molecule has 0 bridgehead atoms. The number of halogens is 1. The van der Waals surface area contributed by atoms with Crippen LogP contribution in [0.4, 0.5) is 0 Å². The second kappa shape index (κ2) is 10.9. The molecule has 0 aliphatic heterocycles. The molecule has 7 nitrogen and oxygen atoms in total. The lowest BCUT2D eigenvalue weighted by Gasteiger charge is -2.25. The highest BCUT2D eigenvalue weighted by Crippen LogP contribution is 2.27. The highest BCUT2D eigenvalue weighted by molar-refractivity contribution is 14.0. The van der Waals surface area contributed by atoms with Gasteiger partial charge in [-0.3, -0.25) is 0 Å². The van der Waals surface area contributed by atoms with E-state index in [0.29, 0.717) is 42.5 Å². The van der Waals surface area contributed by atoms with Crippen molar-refractivity contribution in [2.45, 2.75) is 38.5 Å². The van der Waals surface area contributed by atoms with Crippen molar-refractivity contribution < 1.29 is 14.2 Å². The fourth-order valence-electron chi connectivity index (χ4n) is 2.69. The maximum atomic E-state index is 5.98. The minimum atomic E-state index is 0. The SMILES string of the molecule is COc1ccc(CN=C(N)NCc2ccnc(OC3CCC3)c2)cc1OC.I. The number of nitrogens with two attached hydrogens (primary N) is 1. The molecule has 1 saturated carbocycles. The smallest absolute Gasteiger partial charge is 0.213 e. The van der Waals surface area contributed by atoms with E-state index in [-0.39, 0.29) is 24.0 Å². The van der Waals surface area contributed by atoms with Gasteiger partial charge in [-0.2, -0.15) is 0 Å². The quantitative estimate of drug-likeness (QED) is 0.330. The summed E-state index contributed by atoms with van der Waals surface area (Å²) in [5.41, 5.74) is 8.01. The van der Waals surface area contributed by atoms with Gasteiger partial charge in [-0.15, -0.1) is 24.0 Å². The largest absolute Gasteiger partial charge is 0.493 e. The standard InChI is InChI=1S/C20H26N4O3.HI/c1-25-17-7-6-14(10-18(17)26-2)12-23-20(21)24-13-15-8-9-22-19(11-15)27-16-4-3-5-16;/h6-11,16H,3-5,12-13H2,1-2H3,(H3,21,23,24);1H. The van der Waals surface area contributed by atoms with Gasteiger partial charge < -0.3 is 25.3 Å². The van der Waals surface area contributed by atoms with Crippen LogP contribution in [-0.2, 0) is 13.1 Å². The molecule has 0 atom stereocenters. The highest BCUT2D eigenvalue weighted by Gasteiger charge is 2.19. The summed E-state index contributed by atoms with van der Waals surface area (Å²) >= 11 is 0. The van der Waals surface area contributed by atoms with Gasteiger partial charge in [0.25, 0.3) is 0 Å². The molecule has 0 unspecified atom stereocenters. The van der Waals surface area contributed by atoms with Crippen LogP contribution in [0.1, 0.15) is 30.4 Å². The summed E-state index contributed by atoms with van der Waals surface area (Å²) in [6, 6.07) is 9.55. The number of nitrogens with one attached hydrogen (secondary N) is 1. The van der Waals surface area contributed by atoms with Crippen molar-refractivity contribution >= 4 is 29.9 Å². The summed E-state index contributed by atoms with van der Waals surface area (Å²) in [7, 11) is 3.22. The molecule has 0 amide bonds. The van der Waals surface area contributed by atoms with Crippen molar-refractivity contribution in [2.75, 3.05) is 14.2 Å². The molecular formula is C20H27IN4O3. The molecule has 0 saturated heterocycles. The Bertz CT molecular complexity index is 797. The van der Waals surface area contributed by atoms with Crippen molar-refractivity contribution in [3.8, 4) is 17.4 Å². The molecule has 0 spiro atoms. The van der Waals surface area contributed by atoms with Crippen molar-refractivity contribution in [2.24, 2.45) is 10.7 Å². The minimum absolute atomic E-state index is 0. The molecule has 1 fully saturated rings. The van der Waals surface area contributed by atoms with Crippen LogP contribution < -0.4 is 25.3 Å². The van der Waals surface area contributed by atoms with Gasteiger partial charge in [0.05, 0.1) is 20.8 Å². The highest BCUT2D eigenvalue weighted by atomic mass is 127. The summed E-state index contributed by atoms with van der Waals surface area (Å²) in [5.74, 6) is 2.41. The Kier molecular flexibility index (Phi) is 8.62. The Morgan fingerprint density at radius 2 is 1.93 bits per heavy atom. The van der Waals surface area contributed by atoms with Gasteiger partial charge in [0, 0.05) is 18.8 Å². The van der Waals surface area contributed by atoms with Crippen LogP contribution >= 0.6 is 24.0 Å². The van der Waals surface area contributed by atoms with Gasteiger partial charge in [0.1, 0.15) is 6.10 Å². The number of hydrogen-bond acceptors (Lipinski definition) is 5. The third kappa shape index (κ3) is 6.15. The number of nitrogens with zero attached hydrogens (tertiary/aromatic N) is 2. The number of methoxy groups -OCH3 is 2. The van der Waals surface area contributed by atoms with E-state index < -0.39 is 0 Å². The molecule has 1 aliphatic rings. The van der Waals surface area contributed by atoms with Gasteiger partial charge in [0.2, 0.25) is 5.88 Å². The molecule has 3 rings (SSSR count). The number of guanidine groups is 1. The molecule has 2 aromatic rings. The number of hydrogen-bond donors (Lipinski definition) is 2. The Morgan fingerprint density at radius 3 is 2.61 bits per heavy atom. The van der Waals surface area contributed by atoms with Crippen molar-refractivity contribution in [3.05, 3.63) is 47.7 Å². The number of ether oxygens (including phenoxy) is 3. The maximum absolute atomic E-state index is 5.98. The van der Waals surface area contributed by atoms with Gasteiger partial charge in [-0.1, -0.05) is 6.07 Å². The zero-order chi connectivity index (χ0) is 19.1. The van der Waals surface area contributed by atoms with Crippen LogP contribution in [0.5, 0.6) is 17.4 Å². The summed E-state index contributed by atoms with van der Waals surface area (Å²) in [5, 5.41) is 3.12. The average Bonchev–Trinajstić information content (AvgIpc) is 2.67. The topological polar surface area (TPSA) is 91.0 Å². The van der Waals surface area contributed by atoms with Crippen LogP contribution in [0.15, 0.2) is 41.5 Å². The fraction of sp³-hybridized carbons (Fsp3) is 0.400. The summed E-state index contributed by atoms with van der Waals surface area (Å²) < 4.78 is 16.4. The third-order valence-corrected chi connectivity index (χ3v) is 4.49. The van der Waals surface area contributed by atoms with E-state index in [1.54, 1.807) is 20.4 Å². The Morgan fingerprint density at radius 1 is 1.14 bits per heavy atom. The molecule has 0 radical (unpaired) electrons. The van der Waals surface area contributed by atoms with Crippen LogP contribution in [0, 0.1) is 0 Å². The maximum Gasteiger partial charge on any atom is 0.213 e. The number of rotatable bonds is 8. The first-order chi connectivity index (χ1) is 13.2. The normalized spacial score (nSPS) is 13.9. The average molecular weight is 498 g/mol. The lowest BCUT2D eigenvalue weighted by molar-refractivity contribution is 0.114. The molecule has 28 heavy (non-hydrogen) atoms. The van der Waals surface area contributed by atoms with E-state index in [9.17, 15) is 0 Å². The molecule has 1 aromatic heterocycles. The first-order valence-corrected chi connectivity index (χ1v) is 9.04. The second-order valence-electron chi connectivity index (χ2n) is 6.42. The summed E-state index contributed by atoms with van der Waals surface area (Å²) in [6.07, 6.45) is 5.52. The predicted molar refractivity (Wildman–Crippen MR) is 120 cm³/mol. The van der Waals surface area contributed by atoms with Crippen molar-refractivity contribution in [1.29, 1.82) is 0 Å². The van der Waals surface area contributed by atoms with Gasteiger partial charge >= 0.3 is 0 Å². The minimum Gasteiger partial charge on any atom is -0.493 e. The van der Waals surface area contributed by atoms with Crippen LogP contribution in [-0.4, -0.2) is 31.3 Å². The molecule has 3 N–H and O–H groups in total. The number of benzene rings is 1. The Labute approximate surface area is 182 Å². The molecule has 1 aliphatic carbocycles. The van der Waals surface area contributed by atoms with Gasteiger partial charge in [-0.05, 0) is 48.6 Å². The second-order valence-corrected chi connectivity index (χ2v) is 6.42. The third-order valence-electron chi connectivity index (χ3n) is 4.49. The first-order valence-electron chi connectivity index (χ1n) is 9.04. The van der Waals surface area contributed by atoms with Gasteiger partial charge in [0.15, 0.2) is 17.5 Å². The van der Waals surface area contributed by atoms with Crippen molar-refractivity contribution in [1.82, 2.24) is 10.3 Å². The van der Waals surface area contributed by atoms with E-state index in [0.717, 1.165) is 24.0 Å². The van der Waals surface area contributed by atoms with E-state index in [1.807, 2.05) is 30.3 Å². The van der Waals surface area contributed by atoms with E-state index >= 15 is 0 Å². The van der Waals surface area contributed by atoms with E-state index in [4.69, 9.17) is 19.9 Å². The van der Waals surface area contributed by atoms with Gasteiger partial charge in [-0.25, -0.2) is 9.98 Å². The molecule has 1 heterocycles. The molecular weight excluding hydrogens is 471 g/mol. The van der Waals surface area contributed by atoms with Crippen LogP contribution in [0.2, 0.25) is 0 Å². The van der Waals surface area contributed by atoms with Crippen LogP contribution in [0.25, 0.3) is 0 Å². The number of aliphatic imine (C=N–C) groups is 1. The Balaban J connectivity index is 0.00000280. The Hall–Kier alpha value is -2.23. The molecule has 152 valence electrons. The lowest BCUT2D eigenvalue weighted by Crippen LogP contribution is -2.31.